The fourth-order valence-electron chi connectivity index (χ4n) is 1.88. The van der Waals surface area contributed by atoms with E-state index >= 15 is 0 Å². The smallest absolute Gasteiger partial charge is 0.100 e. The molecule has 2 aliphatic rings. The monoisotopic (exact) mass is 212 g/mol. The van der Waals surface area contributed by atoms with E-state index in [2.05, 4.69) is 6.07 Å². The summed E-state index contributed by atoms with van der Waals surface area (Å²) in [6.07, 6.45) is 0.450. The standard InChI is InChI=1S/C10H9ClOS/c11-10-5-8(10)13-7-4-2-1-3-6(7)9(10)12/h1-4,8-9,12H,5H2. The Morgan fingerprint density at radius 3 is 3.08 bits per heavy atom. The Hall–Kier alpha value is -0.180. The minimum Gasteiger partial charge on any atom is -0.386 e. The number of aliphatic hydroxyl groups excluding tert-OH is 1. The van der Waals surface area contributed by atoms with Crippen LogP contribution in [0.1, 0.15) is 18.1 Å². The van der Waals surface area contributed by atoms with Crippen LogP contribution < -0.4 is 0 Å². The fourth-order valence-corrected chi connectivity index (χ4v) is 3.84. The van der Waals surface area contributed by atoms with Crippen molar-refractivity contribution in [1.82, 2.24) is 0 Å². The van der Waals surface area contributed by atoms with E-state index in [1.165, 1.54) is 4.90 Å². The van der Waals surface area contributed by atoms with E-state index in [9.17, 15) is 5.11 Å². The SMILES string of the molecule is OC1c2ccccc2SC2CC21Cl. The molecule has 3 heteroatoms. The summed E-state index contributed by atoms with van der Waals surface area (Å²) < 4.78 is 0. The summed E-state index contributed by atoms with van der Waals surface area (Å²) in [6, 6.07) is 7.97. The van der Waals surface area contributed by atoms with E-state index < -0.39 is 6.10 Å². The van der Waals surface area contributed by atoms with Gasteiger partial charge in [-0.25, -0.2) is 0 Å². The largest absolute Gasteiger partial charge is 0.386 e. The van der Waals surface area contributed by atoms with Gasteiger partial charge in [0.15, 0.2) is 0 Å². The predicted octanol–water partition coefficient (Wildman–Crippen LogP) is 2.58. The molecule has 0 bridgehead atoms. The maximum atomic E-state index is 9.99. The zero-order valence-electron chi connectivity index (χ0n) is 6.90. The lowest BCUT2D eigenvalue weighted by molar-refractivity contribution is 0.161. The Bertz CT molecular complexity index is 368. The molecular formula is C10H9ClOS. The number of fused-ring (bicyclic) bond motifs is 2. The average molecular weight is 213 g/mol. The Morgan fingerprint density at radius 1 is 1.46 bits per heavy atom. The van der Waals surface area contributed by atoms with Gasteiger partial charge in [-0.3, -0.25) is 0 Å². The highest BCUT2D eigenvalue weighted by molar-refractivity contribution is 8.00. The van der Waals surface area contributed by atoms with E-state index in [1.54, 1.807) is 11.8 Å². The lowest BCUT2D eigenvalue weighted by Gasteiger charge is -2.24. The second-order valence-electron chi connectivity index (χ2n) is 3.68. The first kappa shape index (κ1) is 8.16. The molecule has 0 saturated heterocycles. The van der Waals surface area contributed by atoms with Crippen LogP contribution in [-0.4, -0.2) is 15.2 Å². The Balaban J connectivity index is 2.12. The van der Waals surface area contributed by atoms with Gasteiger partial charge in [-0.1, -0.05) is 18.2 Å². The van der Waals surface area contributed by atoms with E-state index in [4.69, 9.17) is 11.6 Å². The molecule has 13 heavy (non-hydrogen) atoms. The highest BCUT2D eigenvalue weighted by Gasteiger charge is 2.61. The number of rotatable bonds is 0. The molecule has 1 aromatic carbocycles. The molecule has 68 valence electrons. The highest BCUT2D eigenvalue weighted by Crippen LogP contribution is 2.64. The molecule has 0 aromatic heterocycles. The lowest BCUT2D eigenvalue weighted by Crippen LogP contribution is -2.21. The van der Waals surface area contributed by atoms with Gasteiger partial charge in [0.2, 0.25) is 0 Å². The van der Waals surface area contributed by atoms with Crippen molar-refractivity contribution in [3.05, 3.63) is 29.8 Å². The van der Waals surface area contributed by atoms with Crippen molar-refractivity contribution in [2.75, 3.05) is 0 Å². The first-order valence-electron chi connectivity index (χ1n) is 4.34. The molecular weight excluding hydrogens is 204 g/mol. The molecule has 0 amide bonds. The van der Waals surface area contributed by atoms with Crippen LogP contribution in [0.4, 0.5) is 0 Å². The summed E-state index contributed by atoms with van der Waals surface area (Å²) in [4.78, 5) is 0.827. The van der Waals surface area contributed by atoms with Gasteiger partial charge in [0.1, 0.15) is 6.10 Å². The van der Waals surface area contributed by atoms with Crippen molar-refractivity contribution in [3.63, 3.8) is 0 Å². The van der Waals surface area contributed by atoms with E-state index in [0.717, 1.165) is 12.0 Å². The normalized spacial score (nSPS) is 40.8. The van der Waals surface area contributed by atoms with Crippen LogP contribution in [0.5, 0.6) is 0 Å². The molecule has 3 atom stereocenters. The minimum absolute atomic E-state index is 0.362. The maximum absolute atomic E-state index is 9.99. The van der Waals surface area contributed by atoms with Crippen LogP contribution >= 0.6 is 23.4 Å². The molecule has 1 aliphatic heterocycles. The lowest BCUT2D eigenvalue weighted by atomic mass is 10.0. The number of alkyl halides is 1. The molecule has 1 saturated carbocycles. The van der Waals surface area contributed by atoms with Crippen LogP contribution in [0.15, 0.2) is 29.2 Å². The van der Waals surface area contributed by atoms with E-state index in [1.807, 2.05) is 18.2 Å². The number of benzene rings is 1. The number of thioether (sulfide) groups is 1. The van der Waals surface area contributed by atoms with Crippen molar-refractivity contribution in [2.45, 2.75) is 27.5 Å². The predicted molar refractivity (Wildman–Crippen MR) is 54.2 cm³/mol. The number of halogens is 1. The molecule has 1 nitrogen and oxygen atoms in total. The summed E-state index contributed by atoms with van der Waals surface area (Å²) in [6.45, 7) is 0. The van der Waals surface area contributed by atoms with Crippen LogP contribution in [0, 0.1) is 0 Å². The third kappa shape index (κ3) is 0.997. The van der Waals surface area contributed by atoms with Crippen LogP contribution in [0.25, 0.3) is 0 Å². The topological polar surface area (TPSA) is 20.2 Å². The van der Waals surface area contributed by atoms with Crippen LogP contribution in [0.2, 0.25) is 0 Å². The number of hydrogen-bond donors (Lipinski definition) is 1. The fraction of sp³-hybridized carbons (Fsp3) is 0.400. The molecule has 1 N–H and O–H groups in total. The van der Waals surface area contributed by atoms with Crippen molar-refractivity contribution >= 4 is 23.4 Å². The first-order valence-corrected chi connectivity index (χ1v) is 5.60. The molecule has 0 radical (unpaired) electrons. The van der Waals surface area contributed by atoms with E-state index in [0.29, 0.717) is 5.25 Å². The minimum atomic E-state index is -0.475. The molecule has 0 spiro atoms. The van der Waals surface area contributed by atoms with Crippen molar-refractivity contribution in [3.8, 4) is 0 Å². The molecule has 1 fully saturated rings. The van der Waals surface area contributed by atoms with Crippen LogP contribution in [0.3, 0.4) is 0 Å². The van der Waals surface area contributed by atoms with E-state index in [-0.39, 0.29) is 4.87 Å². The summed E-state index contributed by atoms with van der Waals surface area (Å²) in [5.74, 6) is 0. The van der Waals surface area contributed by atoms with Gasteiger partial charge >= 0.3 is 0 Å². The Labute approximate surface area is 86.1 Å². The Kier molecular flexibility index (Phi) is 1.53. The van der Waals surface area contributed by atoms with Crippen molar-refractivity contribution < 1.29 is 5.11 Å². The molecule has 1 heterocycles. The van der Waals surface area contributed by atoms with Gasteiger partial charge in [0.25, 0.3) is 0 Å². The summed E-state index contributed by atoms with van der Waals surface area (Å²) in [5.41, 5.74) is 0.997. The molecule has 3 rings (SSSR count). The zero-order valence-corrected chi connectivity index (χ0v) is 8.48. The van der Waals surface area contributed by atoms with Gasteiger partial charge in [0, 0.05) is 10.1 Å². The summed E-state index contributed by atoms with van der Waals surface area (Å²) >= 11 is 8.05. The van der Waals surface area contributed by atoms with Gasteiger partial charge in [0.05, 0.1) is 4.87 Å². The summed E-state index contributed by atoms with van der Waals surface area (Å²) in [7, 11) is 0. The average Bonchev–Trinajstić information content (AvgIpc) is 2.79. The number of aliphatic hydroxyl groups is 1. The third-order valence-electron chi connectivity index (χ3n) is 2.81. The van der Waals surface area contributed by atoms with Gasteiger partial charge in [-0.05, 0) is 18.1 Å². The molecule has 1 aliphatic carbocycles. The highest BCUT2D eigenvalue weighted by atomic mass is 35.5. The second kappa shape index (κ2) is 2.44. The van der Waals surface area contributed by atoms with Crippen molar-refractivity contribution in [1.29, 1.82) is 0 Å². The Morgan fingerprint density at radius 2 is 2.23 bits per heavy atom. The number of hydrogen-bond acceptors (Lipinski definition) is 2. The molecule has 1 aromatic rings. The van der Waals surface area contributed by atoms with Gasteiger partial charge in [-0.2, -0.15) is 0 Å². The van der Waals surface area contributed by atoms with Crippen LogP contribution in [-0.2, 0) is 0 Å². The first-order chi connectivity index (χ1) is 6.22. The van der Waals surface area contributed by atoms with Gasteiger partial charge < -0.3 is 5.11 Å². The molecule has 3 unspecified atom stereocenters. The zero-order chi connectivity index (χ0) is 9.05. The third-order valence-corrected chi connectivity index (χ3v) is 5.06. The van der Waals surface area contributed by atoms with Gasteiger partial charge in [-0.15, -0.1) is 23.4 Å². The summed E-state index contributed by atoms with van der Waals surface area (Å²) in [5, 5.41) is 10.4. The van der Waals surface area contributed by atoms with Crippen molar-refractivity contribution in [2.24, 2.45) is 0 Å². The quantitative estimate of drug-likeness (QED) is 0.668. The second-order valence-corrected chi connectivity index (χ2v) is 5.63. The maximum Gasteiger partial charge on any atom is 0.100 e.